The van der Waals surface area contributed by atoms with Crippen LogP contribution in [0.15, 0.2) is 42.5 Å². The lowest BCUT2D eigenvalue weighted by Crippen LogP contribution is -2.41. The standard InChI is InChI=1S/C17H18O2/c1-17(11-4-5-12-19-17)16(18)15-10-6-8-13-7-2-3-9-14(13)15/h2-3,6-10H,4-5,11-12H2,1H3. The van der Waals surface area contributed by atoms with Crippen LogP contribution >= 0.6 is 0 Å². The fourth-order valence-electron chi connectivity index (χ4n) is 2.82. The Morgan fingerprint density at radius 2 is 1.89 bits per heavy atom. The minimum Gasteiger partial charge on any atom is -0.367 e. The Morgan fingerprint density at radius 1 is 1.11 bits per heavy atom. The van der Waals surface area contributed by atoms with E-state index in [9.17, 15) is 4.79 Å². The number of ether oxygens (including phenoxy) is 1. The van der Waals surface area contributed by atoms with E-state index in [4.69, 9.17) is 4.74 Å². The topological polar surface area (TPSA) is 26.3 Å². The summed E-state index contributed by atoms with van der Waals surface area (Å²) >= 11 is 0. The first-order chi connectivity index (χ1) is 9.21. The Labute approximate surface area is 113 Å². The largest absolute Gasteiger partial charge is 0.367 e. The molecule has 98 valence electrons. The maximum absolute atomic E-state index is 12.8. The van der Waals surface area contributed by atoms with Gasteiger partial charge in [0.05, 0.1) is 0 Å². The highest BCUT2D eigenvalue weighted by molar-refractivity contribution is 6.11. The van der Waals surface area contributed by atoms with Gasteiger partial charge in [0.1, 0.15) is 5.60 Å². The predicted octanol–water partition coefficient (Wildman–Crippen LogP) is 3.98. The molecule has 0 aliphatic carbocycles. The van der Waals surface area contributed by atoms with E-state index in [0.29, 0.717) is 6.61 Å². The molecule has 1 unspecified atom stereocenters. The highest BCUT2D eigenvalue weighted by Crippen LogP contribution is 2.30. The van der Waals surface area contributed by atoms with Gasteiger partial charge < -0.3 is 4.74 Å². The first kappa shape index (κ1) is 12.4. The molecule has 0 radical (unpaired) electrons. The zero-order valence-corrected chi connectivity index (χ0v) is 11.2. The van der Waals surface area contributed by atoms with Crippen LogP contribution in [0.4, 0.5) is 0 Å². The van der Waals surface area contributed by atoms with E-state index in [2.05, 4.69) is 0 Å². The molecule has 0 amide bonds. The SMILES string of the molecule is CC1(C(=O)c2cccc3ccccc23)CCCCO1. The molecule has 1 aliphatic heterocycles. The van der Waals surface area contributed by atoms with E-state index in [-0.39, 0.29) is 5.78 Å². The fraction of sp³-hybridized carbons (Fsp3) is 0.353. The van der Waals surface area contributed by atoms with Crippen molar-refractivity contribution in [3.8, 4) is 0 Å². The molecule has 2 aromatic rings. The molecule has 2 heteroatoms. The maximum Gasteiger partial charge on any atom is 0.194 e. The van der Waals surface area contributed by atoms with Gasteiger partial charge in [-0.1, -0.05) is 42.5 Å². The maximum atomic E-state index is 12.8. The third-order valence-electron chi connectivity index (χ3n) is 3.98. The van der Waals surface area contributed by atoms with Crippen LogP contribution in [0.3, 0.4) is 0 Å². The van der Waals surface area contributed by atoms with E-state index < -0.39 is 5.60 Å². The number of fused-ring (bicyclic) bond motifs is 1. The van der Waals surface area contributed by atoms with E-state index >= 15 is 0 Å². The first-order valence-corrected chi connectivity index (χ1v) is 6.87. The summed E-state index contributed by atoms with van der Waals surface area (Å²) in [7, 11) is 0. The quantitative estimate of drug-likeness (QED) is 0.758. The summed E-state index contributed by atoms with van der Waals surface area (Å²) in [4.78, 5) is 12.8. The number of carbonyl (C=O) groups excluding carboxylic acids is 1. The molecule has 19 heavy (non-hydrogen) atoms. The number of rotatable bonds is 2. The number of Topliss-reactive ketones (excluding diaryl/α,β-unsaturated/α-hetero) is 1. The molecular formula is C17H18O2. The van der Waals surface area contributed by atoms with Crippen LogP contribution in [0.1, 0.15) is 36.5 Å². The lowest BCUT2D eigenvalue weighted by atomic mass is 9.86. The van der Waals surface area contributed by atoms with Crippen molar-refractivity contribution in [2.24, 2.45) is 0 Å². The number of ketones is 1. The van der Waals surface area contributed by atoms with Crippen LogP contribution in [0.2, 0.25) is 0 Å². The van der Waals surface area contributed by atoms with Crippen LogP contribution in [0.25, 0.3) is 10.8 Å². The number of benzene rings is 2. The molecular weight excluding hydrogens is 236 g/mol. The summed E-state index contributed by atoms with van der Waals surface area (Å²) in [5.41, 5.74) is 0.130. The van der Waals surface area contributed by atoms with Crippen molar-refractivity contribution in [2.45, 2.75) is 31.8 Å². The summed E-state index contributed by atoms with van der Waals surface area (Å²) in [6.07, 6.45) is 2.93. The van der Waals surface area contributed by atoms with Crippen molar-refractivity contribution in [2.75, 3.05) is 6.61 Å². The Balaban J connectivity index is 2.06. The van der Waals surface area contributed by atoms with E-state index in [1.165, 1.54) is 0 Å². The Bertz CT molecular complexity index is 604. The van der Waals surface area contributed by atoms with E-state index in [1.54, 1.807) is 0 Å². The molecule has 3 rings (SSSR count). The van der Waals surface area contributed by atoms with Crippen molar-refractivity contribution in [3.05, 3.63) is 48.0 Å². The normalized spacial score (nSPS) is 23.4. The summed E-state index contributed by atoms with van der Waals surface area (Å²) in [6, 6.07) is 13.9. The highest BCUT2D eigenvalue weighted by atomic mass is 16.5. The highest BCUT2D eigenvalue weighted by Gasteiger charge is 2.36. The lowest BCUT2D eigenvalue weighted by Gasteiger charge is -2.32. The zero-order chi connectivity index (χ0) is 13.3. The second kappa shape index (κ2) is 4.78. The number of hydrogen-bond acceptors (Lipinski definition) is 2. The molecule has 0 spiro atoms. The number of hydrogen-bond donors (Lipinski definition) is 0. The van der Waals surface area contributed by atoms with Gasteiger partial charge in [-0.3, -0.25) is 4.79 Å². The minimum absolute atomic E-state index is 0.115. The molecule has 0 saturated carbocycles. The second-order valence-corrected chi connectivity index (χ2v) is 5.39. The summed E-state index contributed by atoms with van der Waals surface area (Å²) in [5.74, 6) is 0.115. The van der Waals surface area contributed by atoms with E-state index in [1.807, 2.05) is 49.4 Å². The van der Waals surface area contributed by atoms with Crippen molar-refractivity contribution in [3.63, 3.8) is 0 Å². The first-order valence-electron chi connectivity index (χ1n) is 6.87. The smallest absolute Gasteiger partial charge is 0.194 e. The van der Waals surface area contributed by atoms with Crippen molar-refractivity contribution in [1.29, 1.82) is 0 Å². The second-order valence-electron chi connectivity index (χ2n) is 5.39. The Kier molecular flexibility index (Phi) is 3.11. The van der Waals surface area contributed by atoms with E-state index in [0.717, 1.165) is 35.6 Å². The molecule has 1 atom stereocenters. The van der Waals surface area contributed by atoms with Crippen LogP contribution in [-0.2, 0) is 4.74 Å². The molecule has 1 fully saturated rings. The molecule has 1 heterocycles. The predicted molar refractivity (Wildman–Crippen MR) is 76.5 cm³/mol. The van der Waals surface area contributed by atoms with Gasteiger partial charge in [0, 0.05) is 12.2 Å². The van der Waals surface area contributed by atoms with Crippen molar-refractivity contribution in [1.82, 2.24) is 0 Å². The van der Waals surface area contributed by atoms with Gasteiger partial charge in [0.15, 0.2) is 5.78 Å². The molecule has 1 aliphatic rings. The lowest BCUT2D eigenvalue weighted by molar-refractivity contribution is -0.0425. The molecule has 2 nitrogen and oxygen atoms in total. The molecule has 0 aromatic heterocycles. The zero-order valence-electron chi connectivity index (χ0n) is 11.2. The fourth-order valence-corrected chi connectivity index (χ4v) is 2.82. The third kappa shape index (κ3) is 2.17. The molecule has 1 saturated heterocycles. The average Bonchev–Trinajstić information content (AvgIpc) is 2.47. The van der Waals surface area contributed by atoms with Gasteiger partial charge >= 0.3 is 0 Å². The van der Waals surface area contributed by atoms with Crippen LogP contribution in [-0.4, -0.2) is 18.0 Å². The summed E-state index contributed by atoms with van der Waals surface area (Å²) < 4.78 is 5.78. The van der Waals surface area contributed by atoms with Crippen LogP contribution < -0.4 is 0 Å². The van der Waals surface area contributed by atoms with Crippen LogP contribution in [0, 0.1) is 0 Å². The third-order valence-corrected chi connectivity index (χ3v) is 3.98. The van der Waals surface area contributed by atoms with Crippen molar-refractivity contribution >= 4 is 16.6 Å². The minimum atomic E-state index is -0.650. The van der Waals surface area contributed by atoms with Crippen LogP contribution in [0.5, 0.6) is 0 Å². The summed E-state index contributed by atoms with van der Waals surface area (Å²) in [5, 5.41) is 2.12. The van der Waals surface area contributed by atoms with Gasteiger partial charge in [0.2, 0.25) is 0 Å². The molecule has 0 N–H and O–H groups in total. The van der Waals surface area contributed by atoms with Crippen molar-refractivity contribution < 1.29 is 9.53 Å². The Morgan fingerprint density at radius 3 is 2.68 bits per heavy atom. The average molecular weight is 254 g/mol. The van der Waals surface area contributed by atoms with Gasteiger partial charge in [-0.05, 0) is 37.0 Å². The van der Waals surface area contributed by atoms with Gasteiger partial charge in [-0.15, -0.1) is 0 Å². The summed E-state index contributed by atoms with van der Waals surface area (Å²) in [6.45, 7) is 2.61. The van der Waals surface area contributed by atoms with Gasteiger partial charge in [-0.2, -0.15) is 0 Å². The molecule has 0 bridgehead atoms. The Hall–Kier alpha value is -1.67. The monoisotopic (exact) mass is 254 g/mol. The number of carbonyl (C=O) groups is 1. The van der Waals surface area contributed by atoms with Gasteiger partial charge in [-0.25, -0.2) is 0 Å². The van der Waals surface area contributed by atoms with Gasteiger partial charge in [0.25, 0.3) is 0 Å². The molecule has 2 aromatic carbocycles.